The normalized spacial score (nSPS) is 19.9. The molecular formula is C17H28BO6P. The minimum atomic E-state index is -4.41. The van der Waals surface area contributed by atoms with Crippen LogP contribution in [0.15, 0.2) is 24.3 Å². The lowest BCUT2D eigenvalue weighted by Gasteiger charge is -2.33. The van der Waals surface area contributed by atoms with Crippen LogP contribution in [0.2, 0.25) is 0 Å². The molecule has 0 aliphatic carbocycles. The van der Waals surface area contributed by atoms with Gasteiger partial charge in [0.2, 0.25) is 5.34 Å². The topological polar surface area (TPSA) is 85.2 Å². The summed E-state index contributed by atoms with van der Waals surface area (Å²) in [5.41, 5.74) is -0.0135. The van der Waals surface area contributed by atoms with Gasteiger partial charge in [-0.1, -0.05) is 26.0 Å². The molecule has 25 heavy (non-hydrogen) atoms. The van der Waals surface area contributed by atoms with Gasteiger partial charge in [-0.05, 0) is 58.1 Å². The molecule has 2 rings (SSSR count). The molecule has 1 aliphatic rings. The molecule has 1 aliphatic heterocycles. The lowest BCUT2D eigenvalue weighted by Crippen LogP contribution is -2.41. The summed E-state index contributed by atoms with van der Waals surface area (Å²) in [6.45, 7) is 11.4. The Morgan fingerprint density at radius 3 is 1.84 bits per heavy atom. The van der Waals surface area contributed by atoms with Crippen molar-refractivity contribution in [2.75, 3.05) is 0 Å². The average molecular weight is 370 g/mol. The monoisotopic (exact) mass is 370 g/mol. The second kappa shape index (κ2) is 6.71. The predicted octanol–water partition coefficient (Wildman–Crippen LogP) is 3.06. The highest BCUT2D eigenvalue weighted by molar-refractivity contribution is 7.53. The van der Waals surface area contributed by atoms with E-state index in [1.165, 1.54) is 0 Å². The lowest BCUT2D eigenvalue weighted by atomic mass is 9.79. The van der Waals surface area contributed by atoms with E-state index < -0.39 is 31.3 Å². The largest absolute Gasteiger partial charge is 0.494 e. The molecule has 0 unspecified atom stereocenters. The van der Waals surface area contributed by atoms with Crippen LogP contribution in [0.4, 0.5) is 0 Å². The van der Waals surface area contributed by atoms with Crippen molar-refractivity contribution in [1.82, 2.24) is 0 Å². The molecule has 0 atom stereocenters. The van der Waals surface area contributed by atoms with E-state index >= 15 is 0 Å². The summed E-state index contributed by atoms with van der Waals surface area (Å²) in [7, 11) is -4.89. The Morgan fingerprint density at radius 2 is 1.48 bits per heavy atom. The number of rotatable bonds is 6. The van der Waals surface area contributed by atoms with Gasteiger partial charge in [0.25, 0.3) is 0 Å². The van der Waals surface area contributed by atoms with Gasteiger partial charge in [-0.15, -0.1) is 0 Å². The third kappa shape index (κ3) is 3.81. The first-order valence-electron chi connectivity index (χ1n) is 8.58. The average Bonchev–Trinajstić information content (AvgIpc) is 2.72. The van der Waals surface area contributed by atoms with Gasteiger partial charge in [0.15, 0.2) is 0 Å². The molecule has 1 fully saturated rings. The van der Waals surface area contributed by atoms with Crippen molar-refractivity contribution >= 4 is 20.2 Å². The number of ether oxygens (including phenoxy) is 1. The van der Waals surface area contributed by atoms with Crippen molar-refractivity contribution < 1.29 is 28.4 Å². The second-order valence-corrected chi connectivity index (χ2v) is 9.36. The maximum Gasteiger partial charge on any atom is 0.494 e. The summed E-state index contributed by atoms with van der Waals surface area (Å²) in [6, 6.07) is 6.98. The van der Waals surface area contributed by atoms with Gasteiger partial charge in [0, 0.05) is 0 Å². The zero-order valence-corrected chi connectivity index (χ0v) is 16.7. The van der Waals surface area contributed by atoms with Gasteiger partial charge in [-0.3, -0.25) is 4.57 Å². The summed E-state index contributed by atoms with van der Waals surface area (Å²) < 4.78 is 29.6. The maximum absolute atomic E-state index is 11.9. The van der Waals surface area contributed by atoms with E-state index in [-0.39, 0.29) is 12.8 Å². The van der Waals surface area contributed by atoms with Crippen LogP contribution < -0.4 is 10.2 Å². The van der Waals surface area contributed by atoms with Crippen LogP contribution in [-0.4, -0.2) is 33.4 Å². The number of hydrogen-bond acceptors (Lipinski definition) is 4. The fraction of sp³-hybridized carbons (Fsp3) is 0.647. The van der Waals surface area contributed by atoms with E-state index in [4.69, 9.17) is 14.0 Å². The van der Waals surface area contributed by atoms with Crippen LogP contribution in [0.1, 0.15) is 54.4 Å². The highest BCUT2D eigenvalue weighted by Crippen LogP contribution is 2.55. The summed E-state index contributed by atoms with van der Waals surface area (Å²) in [5, 5.41) is -1.50. The molecule has 0 amide bonds. The molecule has 1 aromatic rings. The fourth-order valence-electron chi connectivity index (χ4n) is 2.76. The fourth-order valence-corrected chi connectivity index (χ4v) is 3.81. The molecule has 0 bridgehead atoms. The van der Waals surface area contributed by atoms with Crippen LogP contribution in [0, 0.1) is 0 Å². The van der Waals surface area contributed by atoms with E-state index in [9.17, 15) is 14.4 Å². The molecule has 0 spiro atoms. The van der Waals surface area contributed by atoms with Gasteiger partial charge >= 0.3 is 14.7 Å². The third-order valence-electron chi connectivity index (χ3n) is 5.35. The van der Waals surface area contributed by atoms with Crippen molar-refractivity contribution in [3.05, 3.63) is 24.3 Å². The Labute approximate surface area is 150 Å². The molecular weight excluding hydrogens is 342 g/mol. The first-order valence-corrected chi connectivity index (χ1v) is 10.2. The van der Waals surface area contributed by atoms with E-state index in [2.05, 4.69) is 0 Å². The van der Waals surface area contributed by atoms with Gasteiger partial charge < -0.3 is 23.8 Å². The van der Waals surface area contributed by atoms with E-state index in [0.717, 1.165) is 5.46 Å². The minimum Gasteiger partial charge on any atom is -0.475 e. The molecule has 1 aromatic carbocycles. The van der Waals surface area contributed by atoms with Crippen molar-refractivity contribution in [3.63, 3.8) is 0 Å². The smallest absolute Gasteiger partial charge is 0.475 e. The second-order valence-electron chi connectivity index (χ2n) is 7.46. The van der Waals surface area contributed by atoms with Crippen LogP contribution in [-0.2, 0) is 13.9 Å². The number of benzene rings is 1. The van der Waals surface area contributed by atoms with Gasteiger partial charge in [-0.2, -0.15) is 0 Å². The summed E-state index contributed by atoms with van der Waals surface area (Å²) in [6.07, 6.45) is 0.430. The van der Waals surface area contributed by atoms with E-state index in [1.807, 2.05) is 27.7 Å². The first-order chi connectivity index (χ1) is 11.4. The summed E-state index contributed by atoms with van der Waals surface area (Å²) >= 11 is 0. The standard InChI is InChI=1S/C17H28BO6P/c1-7-17(8-2,25(19,20)21)22-14-11-9-13(10-12-14)18-23-15(3,4)16(5,6)24-18/h9-12H,7-8H2,1-6H3,(H2,19,20,21). The quantitative estimate of drug-likeness (QED) is 0.592. The molecule has 1 saturated heterocycles. The Hall–Kier alpha value is -0.845. The highest BCUT2D eigenvalue weighted by atomic mass is 31.2. The van der Waals surface area contributed by atoms with Gasteiger partial charge in [0.05, 0.1) is 11.2 Å². The maximum atomic E-state index is 11.9. The van der Waals surface area contributed by atoms with Crippen molar-refractivity contribution in [1.29, 1.82) is 0 Å². The Bertz CT molecular complexity index is 632. The van der Waals surface area contributed by atoms with Crippen molar-refractivity contribution in [2.24, 2.45) is 0 Å². The zero-order valence-electron chi connectivity index (χ0n) is 15.8. The zero-order chi connectivity index (χ0) is 19.1. The Kier molecular flexibility index (Phi) is 5.49. The molecule has 0 aromatic heterocycles. The molecule has 0 radical (unpaired) electrons. The summed E-state index contributed by atoms with van der Waals surface area (Å²) in [4.78, 5) is 19.4. The molecule has 8 heteroatoms. The van der Waals surface area contributed by atoms with Gasteiger partial charge in [-0.25, -0.2) is 0 Å². The lowest BCUT2D eigenvalue weighted by molar-refractivity contribution is 0.00578. The van der Waals surface area contributed by atoms with E-state index in [1.54, 1.807) is 38.1 Å². The molecule has 6 nitrogen and oxygen atoms in total. The molecule has 140 valence electrons. The Morgan fingerprint density at radius 1 is 1.04 bits per heavy atom. The van der Waals surface area contributed by atoms with E-state index in [0.29, 0.717) is 5.75 Å². The number of hydrogen-bond donors (Lipinski definition) is 2. The van der Waals surface area contributed by atoms with Crippen molar-refractivity contribution in [3.8, 4) is 5.75 Å². The van der Waals surface area contributed by atoms with Crippen molar-refractivity contribution in [2.45, 2.75) is 70.9 Å². The van der Waals surface area contributed by atoms with Crippen LogP contribution in [0.25, 0.3) is 0 Å². The molecule has 1 heterocycles. The summed E-state index contributed by atoms with van der Waals surface area (Å²) in [5.74, 6) is 0.410. The third-order valence-corrected chi connectivity index (χ3v) is 7.13. The van der Waals surface area contributed by atoms with Crippen LogP contribution in [0.3, 0.4) is 0 Å². The predicted molar refractivity (Wildman–Crippen MR) is 98.1 cm³/mol. The van der Waals surface area contributed by atoms with Crippen LogP contribution >= 0.6 is 7.60 Å². The minimum absolute atomic E-state index is 0.215. The first kappa shape index (κ1) is 20.5. The molecule has 2 N–H and O–H groups in total. The van der Waals surface area contributed by atoms with Gasteiger partial charge in [0.1, 0.15) is 5.75 Å². The molecule has 0 saturated carbocycles. The Balaban J connectivity index is 2.20. The van der Waals surface area contributed by atoms with Crippen LogP contribution in [0.5, 0.6) is 5.75 Å². The highest BCUT2D eigenvalue weighted by Gasteiger charge is 2.51. The SMILES string of the molecule is CCC(CC)(Oc1ccc(B2OC(C)(C)C(C)(C)O2)cc1)P(=O)(O)O.